The highest BCUT2D eigenvalue weighted by Gasteiger charge is 2.30. The van der Waals surface area contributed by atoms with Crippen LogP contribution in [-0.4, -0.2) is 41.9 Å². The Kier molecular flexibility index (Phi) is 4.44. The molecular weight excluding hydrogens is 332 g/mol. The van der Waals surface area contributed by atoms with Gasteiger partial charge < -0.3 is 19.3 Å². The van der Waals surface area contributed by atoms with Crippen LogP contribution in [-0.2, 0) is 16.0 Å². The summed E-state index contributed by atoms with van der Waals surface area (Å²) in [4.78, 5) is 26.5. The lowest BCUT2D eigenvalue weighted by Gasteiger charge is -2.31. The molecule has 1 saturated carbocycles. The summed E-state index contributed by atoms with van der Waals surface area (Å²) in [5.41, 5.74) is 3.63. The summed E-state index contributed by atoms with van der Waals surface area (Å²) in [6.07, 6.45) is 2.48. The number of anilines is 1. The number of hydrogen-bond donors (Lipinski definition) is 1. The van der Waals surface area contributed by atoms with E-state index in [2.05, 4.69) is 15.5 Å². The Balaban J connectivity index is 1.93. The molecule has 1 saturated heterocycles. The van der Waals surface area contributed by atoms with Crippen LogP contribution in [0.5, 0.6) is 0 Å². The van der Waals surface area contributed by atoms with Crippen LogP contribution in [0.3, 0.4) is 0 Å². The van der Waals surface area contributed by atoms with Gasteiger partial charge in [-0.1, -0.05) is 6.07 Å². The van der Waals surface area contributed by atoms with Gasteiger partial charge in [-0.2, -0.15) is 0 Å². The molecule has 4 rings (SSSR count). The van der Waals surface area contributed by atoms with Crippen molar-refractivity contribution < 1.29 is 14.6 Å². The van der Waals surface area contributed by atoms with Crippen molar-refractivity contribution in [1.82, 2.24) is 4.57 Å². The molecular formula is C20H24N2O4. The first-order valence-corrected chi connectivity index (χ1v) is 9.29. The van der Waals surface area contributed by atoms with E-state index >= 15 is 0 Å². The third-order valence-corrected chi connectivity index (χ3v) is 5.43. The number of benzene rings is 1. The van der Waals surface area contributed by atoms with Gasteiger partial charge in [0.15, 0.2) is 5.43 Å². The first-order valence-electron chi connectivity index (χ1n) is 9.29. The summed E-state index contributed by atoms with van der Waals surface area (Å²) in [5.74, 6) is -0.871. The number of carboxylic acid groups (broad SMARTS) is 1. The fourth-order valence-corrected chi connectivity index (χ4v) is 3.98. The molecule has 1 aliphatic carbocycles. The Morgan fingerprint density at radius 2 is 2.00 bits per heavy atom. The average molecular weight is 356 g/mol. The number of morpholine rings is 1. The number of nitrogens with zero attached hydrogens (tertiary/aromatic N) is 2. The maximum absolute atomic E-state index is 13.1. The zero-order valence-corrected chi connectivity index (χ0v) is 15.0. The van der Waals surface area contributed by atoms with Gasteiger partial charge in [0, 0.05) is 42.2 Å². The van der Waals surface area contributed by atoms with E-state index < -0.39 is 5.97 Å². The molecule has 6 heteroatoms. The van der Waals surface area contributed by atoms with Crippen molar-refractivity contribution in [2.24, 2.45) is 0 Å². The Morgan fingerprint density at radius 1 is 1.27 bits per heavy atom. The third-order valence-electron chi connectivity index (χ3n) is 5.43. The molecule has 1 aromatic heterocycles. The quantitative estimate of drug-likeness (QED) is 0.891. The van der Waals surface area contributed by atoms with Gasteiger partial charge in [0.05, 0.1) is 24.4 Å². The second kappa shape index (κ2) is 6.76. The highest BCUT2D eigenvalue weighted by molar-refractivity contribution is 5.92. The largest absolute Gasteiger partial charge is 0.481 e. The third kappa shape index (κ3) is 2.98. The Morgan fingerprint density at radius 3 is 2.65 bits per heavy atom. The van der Waals surface area contributed by atoms with Gasteiger partial charge in [-0.3, -0.25) is 9.59 Å². The van der Waals surface area contributed by atoms with Gasteiger partial charge >= 0.3 is 5.97 Å². The van der Waals surface area contributed by atoms with Crippen molar-refractivity contribution in [2.75, 3.05) is 31.2 Å². The molecule has 2 aromatic rings. The molecule has 2 heterocycles. The number of aliphatic carboxylic acids is 1. The van der Waals surface area contributed by atoms with Crippen molar-refractivity contribution in [1.29, 1.82) is 0 Å². The smallest absolute Gasteiger partial charge is 0.303 e. The first-order chi connectivity index (χ1) is 12.6. The van der Waals surface area contributed by atoms with Crippen LogP contribution in [0.25, 0.3) is 10.9 Å². The van der Waals surface area contributed by atoms with Crippen molar-refractivity contribution in [2.45, 2.75) is 38.6 Å². The lowest BCUT2D eigenvalue weighted by molar-refractivity contribution is -0.136. The monoisotopic (exact) mass is 356 g/mol. The normalized spacial score (nSPS) is 17.7. The number of pyridine rings is 1. The number of rotatable bonds is 5. The summed E-state index contributed by atoms with van der Waals surface area (Å²) in [7, 11) is 0. The predicted octanol–water partition coefficient (Wildman–Crippen LogP) is 2.50. The van der Waals surface area contributed by atoms with Crippen molar-refractivity contribution in [3.63, 3.8) is 0 Å². The van der Waals surface area contributed by atoms with Crippen LogP contribution in [0.15, 0.2) is 23.0 Å². The predicted molar refractivity (Wildman–Crippen MR) is 100 cm³/mol. The minimum atomic E-state index is -0.871. The zero-order chi connectivity index (χ0) is 18.3. The minimum absolute atomic E-state index is 0.0184. The lowest BCUT2D eigenvalue weighted by Crippen LogP contribution is -2.37. The van der Waals surface area contributed by atoms with E-state index in [1.165, 1.54) is 0 Å². The maximum atomic E-state index is 13.1. The van der Waals surface area contributed by atoms with Crippen LogP contribution in [0.2, 0.25) is 0 Å². The standard InChI is InChI=1S/C20H24N2O4/c1-13-15(7-8-18(23)24)20(25)16-3-2-4-17(21-9-11-26-12-10-21)19(16)22(13)14-5-6-14/h2-4,14H,5-12H2,1H3,(H,23,24). The molecule has 0 unspecified atom stereocenters. The SMILES string of the molecule is Cc1c(CCC(=O)O)c(=O)c2cccc(N3CCOCC3)c2n1C1CC1. The molecule has 0 radical (unpaired) electrons. The van der Waals surface area contributed by atoms with Crippen molar-refractivity contribution >= 4 is 22.6 Å². The van der Waals surface area contributed by atoms with Crippen LogP contribution < -0.4 is 10.3 Å². The second-order valence-corrected chi connectivity index (χ2v) is 7.16. The maximum Gasteiger partial charge on any atom is 0.303 e. The summed E-state index contributed by atoms with van der Waals surface area (Å²) in [5, 5.41) is 9.75. The Labute approximate surface area is 152 Å². The average Bonchev–Trinajstić information content (AvgIpc) is 3.47. The highest BCUT2D eigenvalue weighted by atomic mass is 16.5. The van der Waals surface area contributed by atoms with Crippen LogP contribution >= 0.6 is 0 Å². The van der Waals surface area contributed by atoms with E-state index in [9.17, 15) is 9.59 Å². The van der Waals surface area contributed by atoms with E-state index in [1.54, 1.807) is 0 Å². The fraction of sp³-hybridized carbons (Fsp3) is 0.500. The van der Waals surface area contributed by atoms with Gasteiger partial charge in [-0.25, -0.2) is 0 Å². The van der Waals surface area contributed by atoms with Crippen molar-refractivity contribution in [3.8, 4) is 0 Å². The number of aromatic nitrogens is 1. The zero-order valence-electron chi connectivity index (χ0n) is 15.0. The topological polar surface area (TPSA) is 71.8 Å². The van der Waals surface area contributed by atoms with E-state index in [4.69, 9.17) is 9.84 Å². The summed E-state index contributed by atoms with van der Waals surface area (Å²) in [6.45, 7) is 4.99. The number of carboxylic acids is 1. The van der Waals surface area contributed by atoms with Crippen LogP contribution in [0.1, 0.15) is 36.6 Å². The van der Waals surface area contributed by atoms with Crippen molar-refractivity contribution in [3.05, 3.63) is 39.7 Å². The van der Waals surface area contributed by atoms with Gasteiger partial charge in [0.2, 0.25) is 0 Å². The summed E-state index contributed by atoms with van der Waals surface area (Å²) < 4.78 is 7.77. The molecule has 2 fully saturated rings. The molecule has 0 atom stereocenters. The number of para-hydroxylation sites is 1. The molecule has 0 amide bonds. The summed E-state index contributed by atoms with van der Waals surface area (Å²) >= 11 is 0. The van der Waals surface area contributed by atoms with E-state index in [1.807, 2.05) is 19.1 Å². The van der Waals surface area contributed by atoms with Crippen LogP contribution in [0.4, 0.5) is 5.69 Å². The minimum Gasteiger partial charge on any atom is -0.481 e. The summed E-state index contributed by atoms with van der Waals surface area (Å²) in [6, 6.07) is 6.30. The number of fused-ring (bicyclic) bond motifs is 1. The Hall–Kier alpha value is -2.34. The molecule has 0 bridgehead atoms. The van der Waals surface area contributed by atoms with E-state index in [0.29, 0.717) is 30.2 Å². The Bertz CT molecular complexity index is 908. The molecule has 26 heavy (non-hydrogen) atoms. The lowest BCUT2D eigenvalue weighted by atomic mass is 10.0. The van der Waals surface area contributed by atoms with Gasteiger partial charge in [0.25, 0.3) is 0 Å². The van der Waals surface area contributed by atoms with E-state index in [0.717, 1.165) is 42.8 Å². The molecule has 1 N–H and O–H groups in total. The van der Waals surface area contributed by atoms with E-state index in [-0.39, 0.29) is 18.3 Å². The molecule has 2 aliphatic rings. The first kappa shape index (κ1) is 17.1. The van der Waals surface area contributed by atoms with Gasteiger partial charge in [0.1, 0.15) is 0 Å². The fourth-order valence-electron chi connectivity index (χ4n) is 3.98. The number of ether oxygens (including phenoxy) is 1. The molecule has 1 aliphatic heterocycles. The van der Waals surface area contributed by atoms with Gasteiger partial charge in [-0.05, 0) is 38.3 Å². The van der Waals surface area contributed by atoms with Crippen LogP contribution in [0, 0.1) is 6.92 Å². The second-order valence-electron chi connectivity index (χ2n) is 7.16. The van der Waals surface area contributed by atoms with Gasteiger partial charge in [-0.15, -0.1) is 0 Å². The number of hydrogen-bond acceptors (Lipinski definition) is 4. The molecule has 6 nitrogen and oxygen atoms in total. The highest BCUT2D eigenvalue weighted by Crippen LogP contribution is 2.41. The number of carbonyl (C=O) groups is 1. The molecule has 0 spiro atoms. The molecule has 1 aromatic carbocycles. The molecule has 138 valence electrons.